The zero-order valence-corrected chi connectivity index (χ0v) is 16.1. The molecule has 1 unspecified atom stereocenters. The van der Waals surface area contributed by atoms with Crippen molar-refractivity contribution in [3.05, 3.63) is 64.6 Å². The van der Waals surface area contributed by atoms with Gasteiger partial charge in [0, 0.05) is 69.4 Å². The maximum absolute atomic E-state index is 13.8. The van der Waals surface area contributed by atoms with Crippen molar-refractivity contribution < 1.29 is 53.4 Å². The summed E-state index contributed by atoms with van der Waals surface area (Å²) in [6, 6.07) is -12.7. The number of hydrogen-bond donors (Lipinski definition) is 2. The summed E-state index contributed by atoms with van der Waals surface area (Å²) in [6.45, 7) is -26.9. The van der Waals surface area contributed by atoms with E-state index in [0.717, 1.165) is 0 Å². The number of ether oxygens (including phenoxy) is 1. The van der Waals surface area contributed by atoms with E-state index in [9.17, 15) is 14.4 Å². The largest absolute Gasteiger partial charge is 0.381 e. The van der Waals surface area contributed by atoms with Crippen molar-refractivity contribution in [1.82, 2.24) is 15.1 Å². The lowest BCUT2D eigenvalue weighted by Crippen LogP contribution is -2.52. The molecule has 0 aromatic heterocycles. The highest BCUT2D eigenvalue weighted by Crippen LogP contribution is 2.32. The van der Waals surface area contributed by atoms with Gasteiger partial charge >= 0.3 is 0 Å². The predicted octanol–water partition coefficient (Wildman–Crippen LogP) is 1.89. The van der Waals surface area contributed by atoms with Gasteiger partial charge in [0.2, 0.25) is 11.8 Å². The van der Waals surface area contributed by atoms with Gasteiger partial charge < -0.3 is 15.0 Å². The van der Waals surface area contributed by atoms with Crippen LogP contribution >= 0.6 is 0 Å². The van der Waals surface area contributed by atoms with Crippen LogP contribution < -0.4 is 10.6 Å². The number of carbonyl (C=O) groups is 3. The van der Waals surface area contributed by atoms with Crippen LogP contribution in [0.1, 0.15) is 74.1 Å². The average molecular weight is 474 g/mol. The number of rotatable bonds is 6. The van der Waals surface area contributed by atoms with Crippen LogP contribution in [0.15, 0.2) is 42.3 Å². The minimum Gasteiger partial charge on any atom is -0.381 e. The molecule has 5 rings (SSSR count). The molecule has 2 fully saturated rings. The first-order valence-corrected chi connectivity index (χ1v) is 8.97. The Morgan fingerprint density at radius 2 is 1.88 bits per heavy atom. The van der Waals surface area contributed by atoms with Gasteiger partial charge in [-0.15, -0.1) is 0 Å². The monoisotopic (exact) mass is 473 g/mol. The highest BCUT2D eigenvalue weighted by molar-refractivity contribution is 6.06. The fourth-order valence-corrected chi connectivity index (χ4v) is 2.75. The lowest BCUT2D eigenvalue weighted by molar-refractivity contribution is -0.136. The standard InChI is InChI=1S/C25H28N4O4/c30-23-9-8-22(24(31)27-23)29-16-20-19(25(29)32)2-1-3-21(20)26-14-17-4-6-18(7-5-17)15-28-10-12-33-13-11-28/h1-7,22,26H,8-16H2,(H,27,30,31)/i1D,2D,3D,4D,5D,6D,7D,8D2,9D2,10D2,11D2,12D2,13D2,14D2,15D2,16D2. The molecular weight excluding hydrogens is 420 g/mol. The summed E-state index contributed by atoms with van der Waals surface area (Å²) < 4.78 is 213. The van der Waals surface area contributed by atoms with Gasteiger partial charge in [0.25, 0.3) is 5.91 Å². The van der Waals surface area contributed by atoms with E-state index in [1.165, 1.54) is 5.32 Å². The second-order valence-electron chi connectivity index (χ2n) is 6.25. The maximum atomic E-state index is 13.8. The molecule has 3 aliphatic rings. The van der Waals surface area contributed by atoms with Gasteiger partial charge in [-0.1, -0.05) is 30.2 Å². The SMILES string of the molecule is [2H]c1c([2H])c(NC([2H])([2H])c2c([2H])c([2H])c(C([2H])([2H])N3C([2H])([2H])C([2H])([2H])OC([2H])([2H])C3([2H])[2H])c([2H])c2[2H])c2c(c1[2H])C(=O)N(C1C(=O)NC(=O)C([2H])([2H])C1([2H])[2H])C2([2H])[2H]. The third-order valence-corrected chi connectivity index (χ3v) is 4.18. The number of piperidine rings is 1. The minimum atomic E-state index is -4.02. The molecule has 0 aliphatic carbocycles. The summed E-state index contributed by atoms with van der Waals surface area (Å²) in [5, 5.41) is 3.37. The summed E-state index contributed by atoms with van der Waals surface area (Å²) in [7, 11) is 0. The van der Waals surface area contributed by atoms with E-state index >= 15 is 0 Å². The molecular formula is C25H28N4O4. The van der Waals surface area contributed by atoms with Crippen LogP contribution in [-0.4, -0.2) is 59.7 Å². The molecule has 172 valence electrons. The van der Waals surface area contributed by atoms with E-state index in [4.69, 9.17) is 34.3 Å². The quantitative estimate of drug-likeness (QED) is 0.623. The minimum absolute atomic E-state index is 0.213. The third kappa shape index (κ3) is 4.62. The van der Waals surface area contributed by atoms with E-state index in [1.54, 1.807) is 0 Å². The van der Waals surface area contributed by atoms with Crippen molar-refractivity contribution >= 4 is 23.4 Å². The van der Waals surface area contributed by atoms with Crippen LogP contribution in [0.3, 0.4) is 0 Å². The number of carbonyl (C=O) groups excluding carboxylic acids is 3. The van der Waals surface area contributed by atoms with Crippen LogP contribution in [-0.2, 0) is 33.8 Å². The summed E-state index contributed by atoms with van der Waals surface area (Å²) in [4.78, 5) is 38.1. The topological polar surface area (TPSA) is 91.0 Å². The first-order valence-electron chi connectivity index (χ1n) is 21.5. The van der Waals surface area contributed by atoms with Gasteiger partial charge in [-0.05, 0) is 29.6 Å². The number of amides is 3. The molecule has 3 heterocycles. The lowest BCUT2D eigenvalue weighted by Gasteiger charge is -2.29. The second-order valence-corrected chi connectivity index (χ2v) is 6.25. The van der Waals surface area contributed by atoms with E-state index in [-0.39, 0.29) is 4.90 Å². The normalized spacial score (nSPS) is 43.8. The number of fused-ring (bicyclic) bond motifs is 1. The lowest BCUT2D eigenvalue weighted by atomic mass is 10.0. The summed E-state index contributed by atoms with van der Waals surface area (Å²) in [6.07, 6.45) is -7.28. The molecule has 3 amide bonds. The first-order chi connectivity index (χ1) is 25.7. The molecule has 0 spiro atoms. The Kier molecular flexibility index (Phi) is 2.02. The molecule has 2 saturated heterocycles. The molecule has 3 aliphatic heterocycles. The third-order valence-electron chi connectivity index (χ3n) is 4.18. The van der Waals surface area contributed by atoms with Crippen LogP contribution in [0, 0.1) is 0 Å². The number of benzene rings is 2. The summed E-state index contributed by atoms with van der Waals surface area (Å²) >= 11 is 0. The number of hydrogen-bond acceptors (Lipinski definition) is 6. The Labute approximate surface area is 228 Å². The smallest absolute Gasteiger partial charge is 0.255 e. The van der Waals surface area contributed by atoms with Crippen LogP contribution in [0.2, 0.25) is 0 Å². The van der Waals surface area contributed by atoms with Crippen molar-refractivity contribution in [1.29, 1.82) is 0 Å². The highest BCUT2D eigenvalue weighted by Gasteiger charge is 2.39. The van der Waals surface area contributed by atoms with E-state index < -0.39 is 157 Å². The summed E-state index contributed by atoms with van der Waals surface area (Å²) in [5.74, 6) is -5.27. The van der Waals surface area contributed by atoms with Crippen molar-refractivity contribution in [3.63, 3.8) is 0 Å². The van der Waals surface area contributed by atoms with Gasteiger partial charge in [-0.25, -0.2) is 0 Å². The summed E-state index contributed by atoms with van der Waals surface area (Å²) in [5.41, 5.74) is -6.59. The molecule has 2 N–H and O–H groups in total. The van der Waals surface area contributed by atoms with Gasteiger partial charge in [0.15, 0.2) is 0 Å². The van der Waals surface area contributed by atoms with E-state index in [1.807, 2.05) is 5.32 Å². The van der Waals surface area contributed by atoms with E-state index in [2.05, 4.69) is 4.74 Å². The Bertz CT molecular complexity index is 2140. The predicted molar refractivity (Wildman–Crippen MR) is 122 cm³/mol. The second kappa shape index (κ2) is 9.33. The van der Waals surface area contributed by atoms with Crippen LogP contribution in [0.4, 0.5) is 5.69 Å². The number of nitrogens with zero attached hydrogens (tertiary/aromatic N) is 2. The van der Waals surface area contributed by atoms with Crippen LogP contribution in [0.25, 0.3) is 0 Å². The Balaban J connectivity index is 1.71. The van der Waals surface area contributed by atoms with Crippen molar-refractivity contribution in [2.24, 2.45) is 0 Å². The Morgan fingerprint density at radius 3 is 2.67 bits per heavy atom. The fourth-order valence-electron chi connectivity index (χ4n) is 2.75. The molecule has 33 heavy (non-hydrogen) atoms. The molecule has 0 saturated carbocycles. The number of anilines is 1. The molecule has 1 atom stereocenters. The first kappa shape index (κ1) is 7.13. The van der Waals surface area contributed by atoms with Gasteiger partial charge in [0.05, 0.1) is 33.7 Å². The molecule has 8 nitrogen and oxygen atoms in total. The zero-order valence-electron chi connectivity index (χ0n) is 41.1. The number of nitrogens with one attached hydrogen (secondary N) is 2. The highest BCUT2D eigenvalue weighted by atomic mass is 16.5. The van der Waals surface area contributed by atoms with Crippen molar-refractivity contribution in [2.45, 2.75) is 38.3 Å². The molecule has 2 aromatic carbocycles. The van der Waals surface area contributed by atoms with Crippen molar-refractivity contribution in [3.8, 4) is 0 Å². The van der Waals surface area contributed by atoms with Gasteiger partial charge in [0.1, 0.15) is 6.04 Å². The fraction of sp³-hybridized carbons (Fsp3) is 0.400. The number of morpholine rings is 1. The zero-order chi connectivity index (χ0) is 45.0. The maximum Gasteiger partial charge on any atom is 0.255 e. The van der Waals surface area contributed by atoms with Crippen LogP contribution in [0.5, 0.6) is 0 Å². The molecule has 0 bridgehead atoms. The Hall–Kier alpha value is -3.23. The van der Waals surface area contributed by atoms with E-state index in [0.29, 0.717) is 0 Å². The average Bonchev–Trinajstić information content (AvgIpc) is 3.23. The molecule has 8 heteroatoms. The van der Waals surface area contributed by atoms with Crippen molar-refractivity contribution in [2.75, 3.05) is 31.4 Å². The molecule has 2 aromatic rings. The van der Waals surface area contributed by atoms with Gasteiger partial charge in [-0.3, -0.25) is 24.6 Å². The molecule has 0 radical (unpaired) electrons. The number of imide groups is 1. The van der Waals surface area contributed by atoms with Gasteiger partial charge in [-0.2, -0.15) is 0 Å². The Morgan fingerprint density at radius 1 is 1.12 bits per heavy atom.